The van der Waals surface area contributed by atoms with Crippen molar-refractivity contribution in [3.8, 4) is 0 Å². The van der Waals surface area contributed by atoms with Gasteiger partial charge in [0.1, 0.15) is 6.54 Å². The Hall–Kier alpha value is -1.14. The van der Waals surface area contributed by atoms with E-state index in [4.69, 9.17) is 4.74 Å². The third-order valence-corrected chi connectivity index (χ3v) is 5.81. The highest BCUT2D eigenvalue weighted by Crippen LogP contribution is 2.11. The third-order valence-electron chi connectivity index (χ3n) is 5.81. The fourth-order valence-corrected chi connectivity index (χ4v) is 3.80. The highest BCUT2D eigenvalue weighted by Gasteiger charge is 2.24. The number of piperazine rings is 1. The molecule has 0 spiro atoms. The minimum atomic E-state index is -0.0182. The van der Waals surface area contributed by atoms with Gasteiger partial charge in [-0.2, -0.15) is 0 Å². The van der Waals surface area contributed by atoms with Gasteiger partial charge in [0.05, 0.1) is 6.54 Å². The van der Waals surface area contributed by atoms with Crippen molar-refractivity contribution in [2.24, 2.45) is 4.99 Å². The number of halogens is 1. The van der Waals surface area contributed by atoms with Crippen LogP contribution in [0.25, 0.3) is 0 Å². The fourth-order valence-electron chi connectivity index (χ4n) is 3.80. The maximum absolute atomic E-state index is 12.7. The molecule has 2 heterocycles. The number of likely N-dealkylation sites (N-methyl/N-ethyl adjacent to an activating group) is 1. The minimum Gasteiger partial charge on any atom is -0.382 e. The number of hydrogen-bond acceptors (Lipinski definition) is 5. The molecule has 0 bridgehead atoms. The molecule has 2 fully saturated rings. The maximum atomic E-state index is 12.7. The SMILES string of the molecule is CCOCCCNC(=NCC(=O)N(C)C)N1CCN(CC(=O)N2CCCCCC2)CC1.I. The lowest BCUT2D eigenvalue weighted by molar-refractivity contribution is -0.132. The summed E-state index contributed by atoms with van der Waals surface area (Å²) in [6.45, 7) is 9.84. The van der Waals surface area contributed by atoms with E-state index in [1.165, 1.54) is 12.8 Å². The summed E-state index contributed by atoms with van der Waals surface area (Å²) >= 11 is 0. The van der Waals surface area contributed by atoms with E-state index in [0.717, 1.165) is 77.6 Å². The van der Waals surface area contributed by atoms with Gasteiger partial charge < -0.3 is 24.8 Å². The van der Waals surface area contributed by atoms with E-state index in [2.05, 4.69) is 20.1 Å². The topological polar surface area (TPSA) is 80.7 Å². The number of ether oxygens (including phenoxy) is 1. The first kappa shape index (κ1) is 28.9. The number of hydrogen-bond donors (Lipinski definition) is 1. The number of nitrogens with zero attached hydrogens (tertiary/aromatic N) is 5. The van der Waals surface area contributed by atoms with Crippen molar-refractivity contribution in [2.45, 2.75) is 39.0 Å². The van der Waals surface area contributed by atoms with Crippen LogP contribution in [0.4, 0.5) is 0 Å². The molecule has 0 aromatic rings. The first-order valence-electron chi connectivity index (χ1n) is 11.8. The van der Waals surface area contributed by atoms with Crippen molar-refractivity contribution in [3.05, 3.63) is 0 Å². The van der Waals surface area contributed by atoms with Crippen molar-refractivity contribution in [2.75, 3.05) is 86.2 Å². The number of carbonyl (C=O) groups is 2. The van der Waals surface area contributed by atoms with Crippen LogP contribution in [0, 0.1) is 0 Å². The van der Waals surface area contributed by atoms with Crippen LogP contribution in [0.1, 0.15) is 39.0 Å². The molecular weight excluding hydrogens is 523 g/mol. The van der Waals surface area contributed by atoms with Crippen LogP contribution in [-0.2, 0) is 14.3 Å². The highest BCUT2D eigenvalue weighted by atomic mass is 127. The number of guanidine groups is 1. The summed E-state index contributed by atoms with van der Waals surface area (Å²) < 4.78 is 5.40. The molecule has 2 saturated heterocycles. The van der Waals surface area contributed by atoms with E-state index in [1.807, 2.05) is 11.8 Å². The predicted molar refractivity (Wildman–Crippen MR) is 139 cm³/mol. The molecule has 2 amide bonds. The molecule has 0 aromatic heterocycles. The van der Waals surface area contributed by atoms with Crippen LogP contribution in [0.3, 0.4) is 0 Å². The Morgan fingerprint density at radius 3 is 2.22 bits per heavy atom. The summed E-state index contributed by atoms with van der Waals surface area (Å²) in [5.41, 5.74) is 0. The zero-order valence-electron chi connectivity index (χ0n) is 20.2. The Balaban J connectivity index is 0.00000512. The average molecular weight is 567 g/mol. The number of nitrogens with one attached hydrogen (secondary N) is 1. The van der Waals surface area contributed by atoms with Gasteiger partial charge in [-0.15, -0.1) is 24.0 Å². The van der Waals surface area contributed by atoms with Crippen LogP contribution in [0.15, 0.2) is 4.99 Å². The van der Waals surface area contributed by atoms with Crippen molar-refractivity contribution < 1.29 is 14.3 Å². The molecule has 2 aliphatic heterocycles. The van der Waals surface area contributed by atoms with Gasteiger partial charge in [-0.3, -0.25) is 14.5 Å². The second-order valence-corrected chi connectivity index (χ2v) is 8.46. The van der Waals surface area contributed by atoms with E-state index < -0.39 is 0 Å². The van der Waals surface area contributed by atoms with Gasteiger partial charge in [-0.25, -0.2) is 4.99 Å². The smallest absolute Gasteiger partial charge is 0.243 e. The largest absolute Gasteiger partial charge is 0.382 e. The number of amides is 2. The maximum Gasteiger partial charge on any atom is 0.243 e. The first-order valence-corrected chi connectivity index (χ1v) is 11.8. The molecule has 0 radical (unpaired) electrons. The van der Waals surface area contributed by atoms with E-state index in [0.29, 0.717) is 13.2 Å². The molecule has 0 aromatic carbocycles. The fraction of sp³-hybridized carbons (Fsp3) is 0.864. The second kappa shape index (κ2) is 16.5. The van der Waals surface area contributed by atoms with Crippen molar-refractivity contribution in [1.82, 2.24) is 24.9 Å². The summed E-state index contributed by atoms with van der Waals surface area (Å²) in [6.07, 6.45) is 5.61. The molecule has 0 aliphatic carbocycles. The zero-order chi connectivity index (χ0) is 22.5. The highest BCUT2D eigenvalue weighted by molar-refractivity contribution is 14.0. The molecule has 0 atom stereocenters. The number of likely N-dealkylation sites (tertiary alicyclic amines) is 1. The van der Waals surface area contributed by atoms with Crippen LogP contribution in [0.5, 0.6) is 0 Å². The Morgan fingerprint density at radius 2 is 1.62 bits per heavy atom. The molecule has 2 aliphatic rings. The van der Waals surface area contributed by atoms with Crippen molar-refractivity contribution in [1.29, 1.82) is 0 Å². The Kier molecular flexibility index (Phi) is 14.9. The molecule has 186 valence electrons. The lowest BCUT2D eigenvalue weighted by Crippen LogP contribution is -2.54. The van der Waals surface area contributed by atoms with Crippen molar-refractivity contribution >= 4 is 41.8 Å². The van der Waals surface area contributed by atoms with Gasteiger partial charge in [0.25, 0.3) is 0 Å². The molecule has 32 heavy (non-hydrogen) atoms. The van der Waals surface area contributed by atoms with Crippen LogP contribution in [0.2, 0.25) is 0 Å². The number of aliphatic imine (C=N–C) groups is 1. The summed E-state index contributed by atoms with van der Waals surface area (Å²) in [5, 5.41) is 3.39. The average Bonchev–Trinajstić information content (AvgIpc) is 3.06. The van der Waals surface area contributed by atoms with Gasteiger partial charge >= 0.3 is 0 Å². The molecule has 0 saturated carbocycles. The Bertz CT molecular complexity index is 574. The lowest BCUT2D eigenvalue weighted by Gasteiger charge is -2.37. The summed E-state index contributed by atoms with van der Waals surface area (Å²) in [5.74, 6) is 1.01. The monoisotopic (exact) mass is 566 g/mol. The zero-order valence-corrected chi connectivity index (χ0v) is 22.5. The molecular formula is C22H43IN6O3. The Morgan fingerprint density at radius 1 is 0.969 bits per heavy atom. The van der Waals surface area contributed by atoms with Gasteiger partial charge in [0.15, 0.2) is 5.96 Å². The first-order chi connectivity index (χ1) is 15.0. The van der Waals surface area contributed by atoms with Gasteiger partial charge in [-0.05, 0) is 26.2 Å². The normalized spacial score (nSPS) is 18.0. The minimum absolute atomic E-state index is 0. The van der Waals surface area contributed by atoms with Crippen LogP contribution < -0.4 is 5.32 Å². The molecule has 0 unspecified atom stereocenters. The third kappa shape index (κ3) is 10.7. The lowest BCUT2D eigenvalue weighted by atomic mass is 10.2. The van der Waals surface area contributed by atoms with Crippen LogP contribution in [-0.4, -0.2) is 124 Å². The van der Waals surface area contributed by atoms with E-state index in [-0.39, 0.29) is 42.3 Å². The van der Waals surface area contributed by atoms with E-state index in [1.54, 1.807) is 19.0 Å². The van der Waals surface area contributed by atoms with Crippen LogP contribution >= 0.6 is 24.0 Å². The standard InChI is InChI=1S/C22H42N6O3.HI/c1-4-31-17-9-10-23-22(24-18-20(29)25(2)3)28-15-13-26(14-16-28)19-21(30)27-11-7-5-6-8-12-27;/h4-19H2,1-3H3,(H,23,24);1H. The van der Waals surface area contributed by atoms with Gasteiger partial charge in [0.2, 0.25) is 11.8 Å². The Labute approximate surface area is 210 Å². The number of carbonyl (C=O) groups excluding carboxylic acids is 2. The quantitative estimate of drug-likeness (QED) is 0.195. The molecule has 10 heteroatoms. The van der Waals surface area contributed by atoms with E-state index >= 15 is 0 Å². The second-order valence-electron chi connectivity index (χ2n) is 8.46. The van der Waals surface area contributed by atoms with E-state index in [9.17, 15) is 9.59 Å². The summed E-state index contributed by atoms with van der Waals surface area (Å²) in [4.78, 5) is 37.3. The van der Waals surface area contributed by atoms with Gasteiger partial charge in [-0.1, -0.05) is 12.8 Å². The van der Waals surface area contributed by atoms with Gasteiger partial charge in [0, 0.05) is 73.1 Å². The molecule has 2 rings (SSSR count). The molecule has 1 N–H and O–H groups in total. The predicted octanol–water partition coefficient (Wildman–Crippen LogP) is 1.09. The van der Waals surface area contributed by atoms with Crippen molar-refractivity contribution in [3.63, 3.8) is 0 Å². The summed E-state index contributed by atoms with van der Waals surface area (Å²) in [7, 11) is 3.49. The molecule has 9 nitrogen and oxygen atoms in total. The number of rotatable bonds is 9. The summed E-state index contributed by atoms with van der Waals surface area (Å²) in [6, 6.07) is 0.